The molecule has 0 bridgehead atoms. The Hall–Kier alpha value is -1.32. The van der Waals surface area contributed by atoms with Crippen LogP contribution >= 0.6 is 0 Å². The number of ketones is 1. The zero-order valence-corrected chi connectivity index (χ0v) is 9.47. The lowest BCUT2D eigenvalue weighted by atomic mass is 9.77. The van der Waals surface area contributed by atoms with Crippen LogP contribution in [0.4, 0.5) is 13.2 Å². The van der Waals surface area contributed by atoms with Gasteiger partial charge in [0.05, 0.1) is 0 Å². The van der Waals surface area contributed by atoms with Gasteiger partial charge in [0.15, 0.2) is 11.6 Å². The molecule has 2 unspecified atom stereocenters. The van der Waals surface area contributed by atoms with Gasteiger partial charge in [-0.1, -0.05) is 6.92 Å². The van der Waals surface area contributed by atoms with E-state index in [0.717, 1.165) is 12.5 Å². The average molecular weight is 242 g/mol. The van der Waals surface area contributed by atoms with Gasteiger partial charge in [0.25, 0.3) is 0 Å². The van der Waals surface area contributed by atoms with E-state index in [-0.39, 0.29) is 17.3 Å². The average Bonchev–Trinajstić information content (AvgIpc) is 2.27. The largest absolute Gasteiger partial charge is 0.299 e. The third-order valence-electron chi connectivity index (χ3n) is 3.31. The molecule has 0 spiro atoms. The molecule has 0 aromatic heterocycles. The highest BCUT2D eigenvalue weighted by Gasteiger charge is 2.31. The van der Waals surface area contributed by atoms with Crippen molar-refractivity contribution in [3.63, 3.8) is 0 Å². The first kappa shape index (κ1) is 12.1. The number of halogens is 3. The van der Waals surface area contributed by atoms with Crippen molar-refractivity contribution < 1.29 is 18.0 Å². The van der Waals surface area contributed by atoms with Crippen LogP contribution in [0.25, 0.3) is 0 Å². The van der Waals surface area contributed by atoms with Crippen molar-refractivity contribution in [3.05, 3.63) is 35.1 Å². The number of hydrogen-bond donors (Lipinski definition) is 0. The van der Waals surface area contributed by atoms with Gasteiger partial charge in [0, 0.05) is 24.0 Å². The van der Waals surface area contributed by atoms with E-state index in [2.05, 4.69) is 0 Å². The van der Waals surface area contributed by atoms with Crippen LogP contribution < -0.4 is 0 Å². The third-order valence-corrected chi connectivity index (χ3v) is 3.31. The molecule has 0 saturated heterocycles. The van der Waals surface area contributed by atoms with Crippen LogP contribution in [0.3, 0.4) is 0 Å². The molecule has 0 aliphatic heterocycles. The predicted molar refractivity (Wildman–Crippen MR) is 57.1 cm³/mol. The van der Waals surface area contributed by atoms with Crippen molar-refractivity contribution in [1.82, 2.24) is 0 Å². The van der Waals surface area contributed by atoms with Crippen molar-refractivity contribution in [2.75, 3.05) is 0 Å². The second-order valence-corrected chi connectivity index (χ2v) is 4.69. The third kappa shape index (κ3) is 2.35. The molecule has 1 aromatic rings. The summed E-state index contributed by atoms with van der Waals surface area (Å²) in [5, 5.41) is 0. The standard InChI is InChI=1S/C13H13F3O/c1-7-2-3-12(17)9(4-7)10-5-8(14)6-11(15)13(10)16/h5-7,9H,2-4H2,1H3. The van der Waals surface area contributed by atoms with Crippen LogP contribution in [0.2, 0.25) is 0 Å². The zero-order chi connectivity index (χ0) is 12.6. The number of Topliss-reactive ketones (excluding diaryl/α,β-unsaturated/α-hetero) is 1. The Morgan fingerprint density at radius 1 is 1.24 bits per heavy atom. The molecule has 0 N–H and O–H groups in total. The second kappa shape index (κ2) is 4.51. The lowest BCUT2D eigenvalue weighted by molar-refractivity contribution is -0.122. The quantitative estimate of drug-likeness (QED) is 0.688. The lowest BCUT2D eigenvalue weighted by Crippen LogP contribution is -2.23. The van der Waals surface area contributed by atoms with Crippen LogP contribution in [0, 0.1) is 23.4 Å². The first-order valence-electron chi connectivity index (χ1n) is 5.66. The van der Waals surface area contributed by atoms with E-state index >= 15 is 0 Å². The highest BCUT2D eigenvalue weighted by molar-refractivity contribution is 5.86. The molecular weight excluding hydrogens is 229 g/mol. The summed E-state index contributed by atoms with van der Waals surface area (Å²) in [6.07, 6.45) is 1.57. The van der Waals surface area contributed by atoms with E-state index in [1.54, 1.807) is 0 Å². The Morgan fingerprint density at radius 2 is 1.94 bits per heavy atom. The van der Waals surface area contributed by atoms with E-state index in [0.29, 0.717) is 18.9 Å². The molecule has 1 nitrogen and oxygen atoms in total. The van der Waals surface area contributed by atoms with Crippen molar-refractivity contribution in [2.45, 2.75) is 32.1 Å². The molecular formula is C13H13F3O. The Labute approximate surface area is 97.6 Å². The van der Waals surface area contributed by atoms with Crippen molar-refractivity contribution in [2.24, 2.45) is 5.92 Å². The maximum Gasteiger partial charge on any atom is 0.162 e. The molecule has 1 aromatic carbocycles. The number of carbonyl (C=O) groups excluding carboxylic acids is 1. The maximum atomic E-state index is 13.6. The highest BCUT2D eigenvalue weighted by atomic mass is 19.2. The summed E-state index contributed by atoms with van der Waals surface area (Å²) in [6.45, 7) is 1.95. The molecule has 17 heavy (non-hydrogen) atoms. The van der Waals surface area contributed by atoms with Gasteiger partial charge in [-0.15, -0.1) is 0 Å². The van der Waals surface area contributed by atoms with Crippen LogP contribution in [0.1, 0.15) is 37.7 Å². The van der Waals surface area contributed by atoms with Gasteiger partial charge in [0.2, 0.25) is 0 Å². The molecule has 0 heterocycles. The number of rotatable bonds is 1. The topological polar surface area (TPSA) is 17.1 Å². The Bertz CT molecular complexity index is 456. The fourth-order valence-electron chi connectivity index (χ4n) is 2.34. The van der Waals surface area contributed by atoms with Gasteiger partial charge in [-0.2, -0.15) is 0 Å². The minimum atomic E-state index is -1.23. The monoisotopic (exact) mass is 242 g/mol. The summed E-state index contributed by atoms with van der Waals surface area (Å²) < 4.78 is 39.7. The number of carbonyl (C=O) groups is 1. The molecule has 1 aliphatic rings. The van der Waals surface area contributed by atoms with Crippen molar-refractivity contribution in [3.8, 4) is 0 Å². The van der Waals surface area contributed by atoms with Crippen LogP contribution in [-0.4, -0.2) is 5.78 Å². The minimum absolute atomic E-state index is 0.132. The maximum absolute atomic E-state index is 13.6. The summed E-state index contributed by atoms with van der Waals surface area (Å²) in [7, 11) is 0. The smallest absolute Gasteiger partial charge is 0.162 e. The molecule has 4 heteroatoms. The van der Waals surface area contributed by atoms with E-state index in [1.165, 1.54) is 0 Å². The number of hydrogen-bond acceptors (Lipinski definition) is 1. The van der Waals surface area contributed by atoms with Crippen LogP contribution in [0.15, 0.2) is 12.1 Å². The summed E-state index contributed by atoms with van der Waals surface area (Å²) in [5.74, 6) is -3.74. The molecule has 1 fully saturated rings. The summed E-state index contributed by atoms with van der Waals surface area (Å²) in [4.78, 5) is 11.7. The summed E-state index contributed by atoms with van der Waals surface area (Å²) >= 11 is 0. The van der Waals surface area contributed by atoms with Crippen LogP contribution in [-0.2, 0) is 4.79 Å². The van der Waals surface area contributed by atoms with Gasteiger partial charge in [0.1, 0.15) is 11.6 Å². The molecule has 1 aliphatic carbocycles. The zero-order valence-electron chi connectivity index (χ0n) is 9.47. The molecule has 0 radical (unpaired) electrons. The fourth-order valence-corrected chi connectivity index (χ4v) is 2.34. The molecule has 0 amide bonds. The van der Waals surface area contributed by atoms with Crippen molar-refractivity contribution in [1.29, 1.82) is 0 Å². The fraction of sp³-hybridized carbons (Fsp3) is 0.462. The summed E-state index contributed by atoms with van der Waals surface area (Å²) in [5.41, 5.74) is -0.140. The lowest BCUT2D eigenvalue weighted by Gasteiger charge is -2.26. The molecule has 92 valence electrons. The van der Waals surface area contributed by atoms with Gasteiger partial charge in [-0.3, -0.25) is 4.79 Å². The van der Waals surface area contributed by atoms with E-state index in [1.807, 2.05) is 6.92 Å². The molecule has 2 rings (SSSR count). The number of benzene rings is 1. The van der Waals surface area contributed by atoms with Crippen LogP contribution in [0.5, 0.6) is 0 Å². The van der Waals surface area contributed by atoms with E-state index < -0.39 is 23.4 Å². The van der Waals surface area contributed by atoms with Gasteiger partial charge in [-0.05, 0) is 24.8 Å². The van der Waals surface area contributed by atoms with E-state index in [4.69, 9.17) is 0 Å². The van der Waals surface area contributed by atoms with Crippen molar-refractivity contribution >= 4 is 5.78 Å². The van der Waals surface area contributed by atoms with Gasteiger partial charge < -0.3 is 0 Å². The second-order valence-electron chi connectivity index (χ2n) is 4.69. The minimum Gasteiger partial charge on any atom is -0.299 e. The Balaban J connectivity index is 2.41. The predicted octanol–water partition coefficient (Wildman–Crippen LogP) is 3.58. The van der Waals surface area contributed by atoms with Gasteiger partial charge in [-0.25, -0.2) is 13.2 Å². The highest BCUT2D eigenvalue weighted by Crippen LogP contribution is 2.35. The Morgan fingerprint density at radius 3 is 2.65 bits per heavy atom. The normalized spacial score (nSPS) is 25.1. The SMILES string of the molecule is CC1CCC(=O)C(c2cc(F)cc(F)c2F)C1. The molecule has 1 saturated carbocycles. The van der Waals surface area contributed by atoms with E-state index in [9.17, 15) is 18.0 Å². The summed E-state index contributed by atoms with van der Waals surface area (Å²) in [6, 6.07) is 1.43. The first-order chi connectivity index (χ1) is 7.99. The van der Waals surface area contributed by atoms with Gasteiger partial charge >= 0.3 is 0 Å². The molecule has 2 atom stereocenters. The first-order valence-corrected chi connectivity index (χ1v) is 5.66. The Kier molecular flexibility index (Phi) is 3.22.